The SMILES string of the molecule is CCCOc1cc(N)cc(NCC(O)c2ccsc2)c1. The molecule has 2 aromatic rings. The number of aliphatic hydroxyl groups excluding tert-OH is 1. The van der Waals surface area contributed by atoms with Crippen LogP contribution in [0.4, 0.5) is 11.4 Å². The van der Waals surface area contributed by atoms with Crippen molar-refractivity contribution in [1.29, 1.82) is 0 Å². The molecule has 2 rings (SSSR count). The highest BCUT2D eigenvalue weighted by molar-refractivity contribution is 7.07. The molecule has 0 aliphatic heterocycles. The summed E-state index contributed by atoms with van der Waals surface area (Å²) in [6.07, 6.45) is 0.428. The van der Waals surface area contributed by atoms with Gasteiger partial charge in [0.05, 0.1) is 12.7 Å². The number of anilines is 2. The summed E-state index contributed by atoms with van der Waals surface area (Å²) in [5, 5.41) is 17.1. The molecule has 0 fully saturated rings. The van der Waals surface area contributed by atoms with Crippen molar-refractivity contribution in [2.45, 2.75) is 19.4 Å². The minimum Gasteiger partial charge on any atom is -0.493 e. The zero-order valence-electron chi connectivity index (χ0n) is 11.5. The van der Waals surface area contributed by atoms with Crippen LogP contribution in [-0.2, 0) is 0 Å². The van der Waals surface area contributed by atoms with Gasteiger partial charge in [-0.25, -0.2) is 0 Å². The molecule has 4 N–H and O–H groups in total. The van der Waals surface area contributed by atoms with Crippen molar-refractivity contribution in [2.24, 2.45) is 0 Å². The third-order valence-electron chi connectivity index (χ3n) is 2.83. The van der Waals surface area contributed by atoms with Gasteiger partial charge in [-0.3, -0.25) is 0 Å². The first-order valence-electron chi connectivity index (χ1n) is 6.66. The summed E-state index contributed by atoms with van der Waals surface area (Å²) < 4.78 is 5.57. The van der Waals surface area contributed by atoms with Crippen LogP contribution >= 0.6 is 11.3 Å². The van der Waals surface area contributed by atoms with E-state index in [-0.39, 0.29) is 0 Å². The average molecular weight is 292 g/mol. The number of benzene rings is 1. The Hall–Kier alpha value is -1.72. The lowest BCUT2D eigenvalue weighted by molar-refractivity contribution is 0.192. The monoisotopic (exact) mass is 292 g/mol. The highest BCUT2D eigenvalue weighted by Gasteiger charge is 2.08. The predicted molar refractivity (Wildman–Crippen MR) is 84.4 cm³/mol. The molecule has 0 radical (unpaired) electrons. The summed E-state index contributed by atoms with van der Waals surface area (Å²) in [4.78, 5) is 0. The van der Waals surface area contributed by atoms with Gasteiger partial charge in [-0.2, -0.15) is 11.3 Å². The van der Waals surface area contributed by atoms with Crippen LogP contribution in [0.15, 0.2) is 35.0 Å². The molecule has 0 spiro atoms. The maximum absolute atomic E-state index is 10.0. The van der Waals surface area contributed by atoms with Crippen LogP contribution in [0, 0.1) is 0 Å². The Labute approximate surface area is 123 Å². The molecule has 4 nitrogen and oxygen atoms in total. The van der Waals surface area contributed by atoms with E-state index in [0.717, 1.165) is 23.4 Å². The van der Waals surface area contributed by atoms with E-state index in [1.54, 1.807) is 17.4 Å². The van der Waals surface area contributed by atoms with Crippen LogP contribution in [0.1, 0.15) is 25.0 Å². The van der Waals surface area contributed by atoms with Gasteiger partial charge >= 0.3 is 0 Å². The van der Waals surface area contributed by atoms with Crippen LogP contribution in [-0.4, -0.2) is 18.3 Å². The second kappa shape index (κ2) is 7.17. The third kappa shape index (κ3) is 4.15. The van der Waals surface area contributed by atoms with E-state index in [1.807, 2.05) is 29.0 Å². The Morgan fingerprint density at radius 2 is 2.25 bits per heavy atom. The van der Waals surface area contributed by atoms with Crippen LogP contribution < -0.4 is 15.8 Å². The van der Waals surface area contributed by atoms with Crippen molar-refractivity contribution in [3.63, 3.8) is 0 Å². The molecule has 20 heavy (non-hydrogen) atoms. The molecule has 1 unspecified atom stereocenters. The zero-order valence-corrected chi connectivity index (χ0v) is 12.3. The van der Waals surface area contributed by atoms with Gasteiger partial charge in [0.15, 0.2) is 0 Å². The second-order valence-electron chi connectivity index (χ2n) is 4.59. The summed E-state index contributed by atoms with van der Waals surface area (Å²) in [5.41, 5.74) is 8.27. The van der Waals surface area contributed by atoms with E-state index < -0.39 is 6.10 Å². The summed E-state index contributed by atoms with van der Waals surface area (Å²) in [7, 11) is 0. The molecule has 1 aromatic heterocycles. The van der Waals surface area contributed by atoms with Gasteiger partial charge in [0.2, 0.25) is 0 Å². The number of aliphatic hydroxyl groups is 1. The first-order valence-corrected chi connectivity index (χ1v) is 7.60. The normalized spacial score (nSPS) is 12.1. The lowest BCUT2D eigenvalue weighted by Gasteiger charge is -2.13. The van der Waals surface area contributed by atoms with Gasteiger partial charge in [0.25, 0.3) is 0 Å². The van der Waals surface area contributed by atoms with E-state index in [9.17, 15) is 5.11 Å². The molecule has 0 aliphatic rings. The minimum absolute atomic E-state index is 0.438. The topological polar surface area (TPSA) is 67.5 Å². The van der Waals surface area contributed by atoms with Gasteiger partial charge in [-0.1, -0.05) is 6.92 Å². The lowest BCUT2D eigenvalue weighted by Crippen LogP contribution is -2.11. The number of ether oxygens (including phenoxy) is 1. The van der Waals surface area contributed by atoms with Crippen molar-refractivity contribution in [2.75, 3.05) is 24.2 Å². The van der Waals surface area contributed by atoms with Gasteiger partial charge in [0, 0.05) is 30.1 Å². The molecule has 1 atom stereocenters. The fourth-order valence-electron chi connectivity index (χ4n) is 1.82. The molecule has 0 aliphatic carbocycles. The van der Waals surface area contributed by atoms with E-state index in [2.05, 4.69) is 12.2 Å². The summed E-state index contributed by atoms with van der Waals surface area (Å²) in [6, 6.07) is 7.45. The second-order valence-corrected chi connectivity index (χ2v) is 5.37. The lowest BCUT2D eigenvalue weighted by atomic mass is 10.2. The largest absolute Gasteiger partial charge is 0.493 e. The maximum atomic E-state index is 10.0. The zero-order chi connectivity index (χ0) is 14.4. The number of rotatable bonds is 7. The Morgan fingerprint density at radius 3 is 2.95 bits per heavy atom. The molecule has 1 heterocycles. The molecule has 1 aromatic carbocycles. The number of thiophene rings is 1. The van der Waals surface area contributed by atoms with Crippen molar-refractivity contribution in [1.82, 2.24) is 0 Å². The Kier molecular flexibility index (Phi) is 5.26. The van der Waals surface area contributed by atoms with Crippen molar-refractivity contribution in [3.8, 4) is 5.75 Å². The molecule has 0 bridgehead atoms. The highest BCUT2D eigenvalue weighted by Crippen LogP contribution is 2.24. The molecule has 108 valence electrons. The number of hydrogen-bond acceptors (Lipinski definition) is 5. The van der Waals surface area contributed by atoms with Crippen LogP contribution in [0.3, 0.4) is 0 Å². The van der Waals surface area contributed by atoms with E-state index in [1.165, 1.54) is 0 Å². The van der Waals surface area contributed by atoms with E-state index in [4.69, 9.17) is 10.5 Å². The van der Waals surface area contributed by atoms with Crippen molar-refractivity contribution in [3.05, 3.63) is 40.6 Å². The molecular weight excluding hydrogens is 272 g/mol. The summed E-state index contributed by atoms with van der Waals surface area (Å²) in [6.45, 7) is 3.16. The van der Waals surface area contributed by atoms with Crippen LogP contribution in [0.5, 0.6) is 5.75 Å². The van der Waals surface area contributed by atoms with Gasteiger partial charge in [-0.05, 0) is 34.9 Å². The molecule has 5 heteroatoms. The molecule has 0 amide bonds. The van der Waals surface area contributed by atoms with Gasteiger partial charge < -0.3 is 20.9 Å². The van der Waals surface area contributed by atoms with Crippen LogP contribution in [0.25, 0.3) is 0 Å². The predicted octanol–water partition coefficient (Wildman–Crippen LogP) is 3.26. The summed E-state index contributed by atoms with van der Waals surface area (Å²) in [5.74, 6) is 0.749. The first-order chi connectivity index (χ1) is 9.69. The molecular formula is C15H20N2O2S. The highest BCUT2D eigenvalue weighted by atomic mass is 32.1. The van der Waals surface area contributed by atoms with Crippen LogP contribution in [0.2, 0.25) is 0 Å². The fraction of sp³-hybridized carbons (Fsp3) is 0.333. The average Bonchev–Trinajstić information content (AvgIpc) is 2.96. The quantitative estimate of drug-likeness (QED) is 0.685. The van der Waals surface area contributed by atoms with Gasteiger partial charge in [-0.15, -0.1) is 0 Å². The fourth-order valence-corrected chi connectivity index (χ4v) is 2.53. The first kappa shape index (κ1) is 14.7. The Balaban J connectivity index is 1.96. The smallest absolute Gasteiger partial charge is 0.123 e. The Bertz CT molecular complexity index is 529. The van der Waals surface area contributed by atoms with Gasteiger partial charge in [0.1, 0.15) is 5.75 Å². The van der Waals surface area contributed by atoms with E-state index in [0.29, 0.717) is 18.8 Å². The number of nitrogens with two attached hydrogens (primary N) is 1. The Morgan fingerprint density at radius 1 is 1.40 bits per heavy atom. The summed E-state index contributed by atoms with van der Waals surface area (Å²) >= 11 is 1.58. The number of hydrogen-bond donors (Lipinski definition) is 3. The van der Waals surface area contributed by atoms with Crippen molar-refractivity contribution >= 4 is 22.7 Å². The number of nitrogens with one attached hydrogen (secondary N) is 1. The number of nitrogen functional groups attached to an aromatic ring is 1. The minimum atomic E-state index is -0.525. The maximum Gasteiger partial charge on any atom is 0.123 e. The van der Waals surface area contributed by atoms with Crippen molar-refractivity contribution < 1.29 is 9.84 Å². The van der Waals surface area contributed by atoms with E-state index >= 15 is 0 Å². The third-order valence-corrected chi connectivity index (χ3v) is 3.53. The molecule has 0 saturated heterocycles. The molecule has 0 saturated carbocycles. The standard InChI is InChI=1S/C15H20N2O2S/c1-2-4-19-14-7-12(16)6-13(8-14)17-9-15(18)11-3-5-20-10-11/h3,5-8,10,15,17-18H,2,4,9,16H2,1H3.